The van der Waals surface area contributed by atoms with E-state index in [9.17, 15) is 0 Å². The summed E-state index contributed by atoms with van der Waals surface area (Å²) < 4.78 is 2.29. The number of hydrogen-bond acceptors (Lipinski definition) is 1. The Bertz CT molecular complexity index is 1110. The largest absolute Gasteiger partial charge is 0.347 e. The molecule has 0 amide bonds. The van der Waals surface area contributed by atoms with E-state index >= 15 is 0 Å². The van der Waals surface area contributed by atoms with Crippen LogP contribution >= 0.6 is 0 Å². The molecule has 0 spiro atoms. The highest BCUT2D eigenvalue weighted by Crippen LogP contribution is 2.37. The maximum absolute atomic E-state index is 2.45. The van der Waals surface area contributed by atoms with Crippen LogP contribution in [-0.4, -0.2) is 11.1 Å². The first-order valence-corrected chi connectivity index (χ1v) is 10.6. The summed E-state index contributed by atoms with van der Waals surface area (Å²) in [7, 11) is 2.15. The minimum Gasteiger partial charge on any atom is -0.347 e. The van der Waals surface area contributed by atoms with Gasteiger partial charge in [0.05, 0.1) is 0 Å². The fraction of sp³-hybridized carbons (Fsp3) is 0.259. The van der Waals surface area contributed by atoms with Crippen molar-refractivity contribution < 1.29 is 0 Å². The van der Waals surface area contributed by atoms with Crippen LogP contribution in [0.15, 0.2) is 72.8 Å². The second kappa shape index (κ2) is 8.16. The smallest absolute Gasteiger partial charge is 0.0487 e. The third kappa shape index (κ3) is 3.44. The van der Waals surface area contributed by atoms with Crippen molar-refractivity contribution in [2.75, 3.05) is 11.4 Å². The molecule has 0 N–H and O–H groups in total. The molecule has 0 saturated carbocycles. The van der Waals surface area contributed by atoms with E-state index in [1.165, 1.54) is 39.1 Å². The number of hydrogen-bond donors (Lipinski definition) is 0. The molecule has 1 aliphatic rings. The fourth-order valence-corrected chi connectivity index (χ4v) is 4.43. The van der Waals surface area contributed by atoms with Crippen molar-refractivity contribution in [2.24, 2.45) is 7.05 Å². The van der Waals surface area contributed by atoms with Crippen LogP contribution in [0, 0.1) is 6.92 Å². The van der Waals surface area contributed by atoms with Crippen LogP contribution in [0.2, 0.25) is 0 Å². The topological polar surface area (TPSA) is 8.17 Å². The highest BCUT2D eigenvalue weighted by Gasteiger charge is 2.19. The first kappa shape index (κ1) is 19.3. The summed E-state index contributed by atoms with van der Waals surface area (Å²) in [6.45, 7) is 7.40. The van der Waals surface area contributed by atoms with E-state index in [4.69, 9.17) is 0 Å². The second-order valence-corrected chi connectivity index (χ2v) is 7.76. The standard InChI is InChI=1S/C27H30N2/c1-5-12-23-20(3)28(4)26-17-16-22(19-25(23)26)29-18-11-7-8-13-21(6-2)24-14-9-10-15-27(24)29/h5,7-17,19,21H,6,18H2,1-4H3/b11-7-,12-5-,13-8-. The molecule has 0 aliphatic carbocycles. The summed E-state index contributed by atoms with van der Waals surface area (Å²) in [5.41, 5.74) is 7.83. The lowest BCUT2D eigenvalue weighted by Gasteiger charge is -2.28. The molecule has 2 heteroatoms. The van der Waals surface area contributed by atoms with E-state index in [0.29, 0.717) is 5.92 Å². The van der Waals surface area contributed by atoms with Crippen LogP contribution in [0.5, 0.6) is 0 Å². The molecule has 4 rings (SSSR count). The zero-order valence-electron chi connectivity index (χ0n) is 17.9. The highest BCUT2D eigenvalue weighted by molar-refractivity contribution is 5.94. The van der Waals surface area contributed by atoms with Crippen molar-refractivity contribution in [3.8, 4) is 0 Å². The summed E-state index contributed by atoms with van der Waals surface area (Å²) >= 11 is 0. The normalized spacial score (nSPS) is 19.0. The number of fused-ring (bicyclic) bond motifs is 2. The lowest BCUT2D eigenvalue weighted by Crippen LogP contribution is -2.19. The van der Waals surface area contributed by atoms with E-state index < -0.39 is 0 Å². The number of benzene rings is 2. The van der Waals surface area contributed by atoms with Crippen molar-refractivity contribution in [1.82, 2.24) is 4.57 Å². The maximum atomic E-state index is 2.45. The third-order valence-electron chi connectivity index (χ3n) is 6.12. The van der Waals surface area contributed by atoms with Crippen molar-refractivity contribution in [2.45, 2.75) is 33.1 Å². The number of allylic oxidation sites excluding steroid dienone is 4. The number of aromatic nitrogens is 1. The van der Waals surface area contributed by atoms with Gasteiger partial charge in [-0.05, 0) is 50.1 Å². The fourth-order valence-electron chi connectivity index (χ4n) is 4.43. The molecule has 3 aromatic rings. The van der Waals surface area contributed by atoms with Crippen molar-refractivity contribution >= 4 is 28.4 Å². The molecule has 2 heterocycles. The Morgan fingerprint density at radius 2 is 1.93 bits per heavy atom. The Labute approximate surface area is 174 Å². The SMILES string of the molecule is C/C=C\c1c(C)n(C)c2ccc(N3C/C=C\C=C/C(CC)c4ccccc43)cc12. The number of nitrogens with zero attached hydrogens (tertiary/aromatic N) is 2. The molecule has 0 fully saturated rings. The Balaban J connectivity index is 1.91. The van der Waals surface area contributed by atoms with Gasteiger partial charge in [0.2, 0.25) is 0 Å². The molecule has 2 aromatic carbocycles. The van der Waals surface area contributed by atoms with Gasteiger partial charge in [-0.2, -0.15) is 0 Å². The van der Waals surface area contributed by atoms with Crippen molar-refractivity contribution in [3.63, 3.8) is 0 Å². The van der Waals surface area contributed by atoms with Crippen LogP contribution in [0.4, 0.5) is 11.4 Å². The summed E-state index contributed by atoms with van der Waals surface area (Å²) in [6, 6.07) is 15.7. The Hall–Kier alpha value is -3.00. The summed E-state index contributed by atoms with van der Waals surface area (Å²) in [4.78, 5) is 2.45. The zero-order valence-corrected chi connectivity index (χ0v) is 17.9. The van der Waals surface area contributed by atoms with Crippen molar-refractivity contribution in [1.29, 1.82) is 0 Å². The number of para-hydroxylation sites is 1. The molecule has 0 bridgehead atoms. The number of aryl methyl sites for hydroxylation is 1. The zero-order chi connectivity index (χ0) is 20.4. The predicted octanol–water partition coefficient (Wildman–Crippen LogP) is 7.28. The molecule has 1 aliphatic heterocycles. The number of rotatable bonds is 3. The molecule has 1 unspecified atom stereocenters. The highest BCUT2D eigenvalue weighted by atomic mass is 15.1. The van der Waals surface area contributed by atoms with E-state index in [0.717, 1.165) is 13.0 Å². The van der Waals surface area contributed by atoms with Crippen LogP contribution in [0.3, 0.4) is 0 Å². The average molecular weight is 383 g/mol. The van der Waals surface area contributed by atoms with Crippen LogP contribution < -0.4 is 4.90 Å². The van der Waals surface area contributed by atoms with E-state index in [1.807, 2.05) is 0 Å². The summed E-state index contributed by atoms with van der Waals surface area (Å²) in [6.07, 6.45) is 14.4. The van der Waals surface area contributed by atoms with Gasteiger partial charge in [-0.1, -0.05) is 61.6 Å². The van der Waals surface area contributed by atoms with Gasteiger partial charge in [0, 0.05) is 53.0 Å². The first-order chi connectivity index (χ1) is 14.2. The molecular weight excluding hydrogens is 352 g/mol. The average Bonchev–Trinajstić information content (AvgIpc) is 3.03. The van der Waals surface area contributed by atoms with Crippen LogP contribution in [-0.2, 0) is 7.05 Å². The Morgan fingerprint density at radius 1 is 1.10 bits per heavy atom. The van der Waals surface area contributed by atoms with Gasteiger partial charge in [0.15, 0.2) is 0 Å². The molecule has 1 atom stereocenters. The molecule has 0 saturated heterocycles. The van der Waals surface area contributed by atoms with Gasteiger partial charge >= 0.3 is 0 Å². The second-order valence-electron chi connectivity index (χ2n) is 7.76. The van der Waals surface area contributed by atoms with Crippen LogP contribution in [0.25, 0.3) is 17.0 Å². The first-order valence-electron chi connectivity index (χ1n) is 10.6. The van der Waals surface area contributed by atoms with Gasteiger partial charge in [-0.15, -0.1) is 0 Å². The summed E-state index contributed by atoms with van der Waals surface area (Å²) in [5.74, 6) is 0.428. The Kier molecular flexibility index (Phi) is 5.44. The Morgan fingerprint density at radius 3 is 2.72 bits per heavy atom. The molecule has 148 valence electrons. The summed E-state index contributed by atoms with van der Waals surface area (Å²) in [5, 5.41) is 1.31. The van der Waals surface area contributed by atoms with E-state index in [-0.39, 0.29) is 0 Å². The molecule has 2 nitrogen and oxygen atoms in total. The predicted molar refractivity (Wildman–Crippen MR) is 127 cm³/mol. The van der Waals surface area contributed by atoms with E-state index in [2.05, 4.69) is 116 Å². The lowest BCUT2D eigenvalue weighted by atomic mass is 9.93. The third-order valence-corrected chi connectivity index (χ3v) is 6.12. The molecular formula is C27H30N2. The minimum absolute atomic E-state index is 0.428. The molecule has 29 heavy (non-hydrogen) atoms. The van der Waals surface area contributed by atoms with Gasteiger partial charge in [-0.25, -0.2) is 0 Å². The number of anilines is 2. The van der Waals surface area contributed by atoms with Gasteiger partial charge in [-0.3, -0.25) is 0 Å². The monoisotopic (exact) mass is 382 g/mol. The maximum Gasteiger partial charge on any atom is 0.0487 e. The minimum atomic E-state index is 0.428. The lowest BCUT2D eigenvalue weighted by molar-refractivity contribution is 0.803. The molecule has 0 radical (unpaired) electrons. The van der Waals surface area contributed by atoms with Gasteiger partial charge < -0.3 is 9.47 Å². The van der Waals surface area contributed by atoms with Crippen LogP contribution in [0.1, 0.15) is 43.0 Å². The van der Waals surface area contributed by atoms with Gasteiger partial charge in [0.25, 0.3) is 0 Å². The van der Waals surface area contributed by atoms with Crippen molar-refractivity contribution in [3.05, 3.63) is 89.7 Å². The molecule has 1 aromatic heterocycles. The quantitative estimate of drug-likeness (QED) is 0.462. The van der Waals surface area contributed by atoms with Gasteiger partial charge in [0.1, 0.15) is 0 Å². The van der Waals surface area contributed by atoms with E-state index in [1.54, 1.807) is 0 Å².